The van der Waals surface area contributed by atoms with Gasteiger partial charge < -0.3 is 10.1 Å². The number of nitrogens with one attached hydrogen (secondary N) is 1. The standard InChI is InChI=1S/C13H17N5O/c1-9(2)19-11-5-3-10(4-6-11)12-7-8-14-13-15-16-17-18(12)13/h3-6,9,12H,7-8H2,1-2H3,(H,14,15,17). The normalized spacial score (nSPS) is 17.9. The van der Waals surface area contributed by atoms with Crippen LogP contribution >= 0.6 is 0 Å². The third-order valence-electron chi connectivity index (χ3n) is 3.13. The SMILES string of the molecule is CC(C)Oc1ccc(C2CCNc3nnnn32)cc1. The van der Waals surface area contributed by atoms with Gasteiger partial charge in [0.2, 0.25) is 5.95 Å². The van der Waals surface area contributed by atoms with E-state index >= 15 is 0 Å². The molecular weight excluding hydrogens is 242 g/mol. The quantitative estimate of drug-likeness (QED) is 0.911. The zero-order valence-corrected chi connectivity index (χ0v) is 11.1. The van der Waals surface area contributed by atoms with Crippen LogP contribution in [-0.4, -0.2) is 32.9 Å². The van der Waals surface area contributed by atoms with E-state index in [2.05, 4.69) is 33.0 Å². The Kier molecular flexibility index (Phi) is 3.06. The molecule has 100 valence electrons. The van der Waals surface area contributed by atoms with Crippen LogP contribution in [-0.2, 0) is 0 Å². The van der Waals surface area contributed by atoms with E-state index in [9.17, 15) is 0 Å². The first kappa shape index (κ1) is 12.0. The first-order valence-corrected chi connectivity index (χ1v) is 6.52. The molecule has 3 rings (SSSR count). The van der Waals surface area contributed by atoms with Gasteiger partial charge in [-0.1, -0.05) is 17.2 Å². The number of anilines is 1. The summed E-state index contributed by atoms with van der Waals surface area (Å²) in [7, 11) is 0. The average molecular weight is 259 g/mol. The van der Waals surface area contributed by atoms with Crippen molar-refractivity contribution in [3.63, 3.8) is 0 Å². The molecule has 0 spiro atoms. The Balaban J connectivity index is 1.84. The molecule has 1 N–H and O–H groups in total. The van der Waals surface area contributed by atoms with E-state index in [1.807, 2.05) is 30.7 Å². The van der Waals surface area contributed by atoms with E-state index in [1.54, 1.807) is 0 Å². The molecule has 1 aliphatic rings. The lowest BCUT2D eigenvalue weighted by molar-refractivity contribution is 0.242. The Hall–Kier alpha value is -2.11. The van der Waals surface area contributed by atoms with Crippen molar-refractivity contribution in [2.75, 3.05) is 11.9 Å². The predicted molar refractivity (Wildman–Crippen MR) is 71.3 cm³/mol. The van der Waals surface area contributed by atoms with Crippen molar-refractivity contribution in [3.05, 3.63) is 29.8 Å². The van der Waals surface area contributed by atoms with Crippen molar-refractivity contribution in [2.24, 2.45) is 0 Å². The number of nitrogens with zero attached hydrogens (tertiary/aromatic N) is 4. The summed E-state index contributed by atoms with van der Waals surface area (Å²) in [6.45, 7) is 4.93. The van der Waals surface area contributed by atoms with Gasteiger partial charge in [0.25, 0.3) is 0 Å². The average Bonchev–Trinajstić information content (AvgIpc) is 2.87. The van der Waals surface area contributed by atoms with Crippen molar-refractivity contribution in [2.45, 2.75) is 32.4 Å². The van der Waals surface area contributed by atoms with E-state index in [0.29, 0.717) is 0 Å². The van der Waals surface area contributed by atoms with Crippen LogP contribution in [0.3, 0.4) is 0 Å². The largest absolute Gasteiger partial charge is 0.491 e. The highest BCUT2D eigenvalue weighted by Gasteiger charge is 2.23. The number of hydrogen-bond donors (Lipinski definition) is 1. The molecule has 1 atom stereocenters. The zero-order chi connectivity index (χ0) is 13.2. The molecule has 0 saturated carbocycles. The topological polar surface area (TPSA) is 64.9 Å². The van der Waals surface area contributed by atoms with Gasteiger partial charge in [-0.15, -0.1) is 0 Å². The lowest BCUT2D eigenvalue weighted by Crippen LogP contribution is -2.24. The Labute approximate surface area is 111 Å². The molecule has 2 aromatic rings. The summed E-state index contributed by atoms with van der Waals surface area (Å²) in [6, 6.07) is 8.36. The van der Waals surface area contributed by atoms with E-state index in [-0.39, 0.29) is 12.1 Å². The smallest absolute Gasteiger partial charge is 0.243 e. The molecule has 0 fully saturated rings. The number of hydrogen-bond acceptors (Lipinski definition) is 5. The summed E-state index contributed by atoms with van der Waals surface area (Å²) >= 11 is 0. The fourth-order valence-electron chi connectivity index (χ4n) is 2.31. The van der Waals surface area contributed by atoms with Crippen molar-refractivity contribution in [3.8, 4) is 5.75 Å². The summed E-state index contributed by atoms with van der Waals surface area (Å²) in [5, 5.41) is 14.9. The van der Waals surface area contributed by atoms with Gasteiger partial charge in [0.15, 0.2) is 0 Å². The number of benzene rings is 1. The Bertz CT molecular complexity index is 548. The van der Waals surface area contributed by atoms with Crippen molar-refractivity contribution in [1.29, 1.82) is 0 Å². The van der Waals surface area contributed by atoms with E-state index < -0.39 is 0 Å². The van der Waals surface area contributed by atoms with Crippen LogP contribution in [0.25, 0.3) is 0 Å². The molecule has 6 heteroatoms. The zero-order valence-electron chi connectivity index (χ0n) is 11.1. The second-order valence-corrected chi connectivity index (χ2v) is 4.91. The van der Waals surface area contributed by atoms with Crippen LogP contribution in [0.4, 0.5) is 5.95 Å². The molecule has 1 unspecified atom stereocenters. The Morgan fingerprint density at radius 3 is 2.84 bits per heavy atom. The first-order valence-electron chi connectivity index (χ1n) is 6.52. The molecule has 1 aliphatic heterocycles. The second kappa shape index (κ2) is 4.87. The van der Waals surface area contributed by atoms with Gasteiger partial charge in [-0.2, -0.15) is 0 Å². The fourth-order valence-corrected chi connectivity index (χ4v) is 2.31. The van der Waals surface area contributed by atoms with Crippen LogP contribution in [0.15, 0.2) is 24.3 Å². The highest BCUT2D eigenvalue weighted by Crippen LogP contribution is 2.28. The van der Waals surface area contributed by atoms with Crippen molar-refractivity contribution < 1.29 is 4.74 Å². The maximum atomic E-state index is 5.65. The molecule has 0 aliphatic carbocycles. The van der Waals surface area contributed by atoms with Gasteiger partial charge in [0.1, 0.15) is 5.75 Å². The van der Waals surface area contributed by atoms with Crippen LogP contribution in [0.5, 0.6) is 5.75 Å². The number of aromatic nitrogens is 4. The molecule has 0 radical (unpaired) electrons. The lowest BCUT2D eigenvalue weighted by atomic mass is 10.0. The summed E-state index contributed by atoms with van der Waals surface area (Å²) < 4.78 is 7.49. The van der Waals surface area contributed by atoms with Crippen molar-refractivity contribution in [1.82, 2.24) is 20.2 Å². The maximum Gasteiger partial charge on any atom is 0.243 e. The van der Waals surface area contributed by atoms with Gasteiger partial charge in [-0.05, 0) is 48.4 Å². The van der Waals surface area contributed by atoms with Crippen molar-refractivity contribution >= 4 is 5.95 Å². The fraction of sp³-hybridized carbons (Fsp3) is 0.462. The molecule has 0 saturated heterocycles. The Morgan fingerprint density at radius 1 is 1.32 bits per heavy atom. The summed E-state index contributed by atoms with van der Waals surface area (Å²) in [5.74, 6) is 1.63. The molecule has 2 heterocycles. The molecule has 1 aromatic heterocycles. The third kappa shape index (κ3) is 2.38. The van der Waals surface area contributed by atoms with E-state index in [0.717, 1.165) is 24.7 Å². The predicted octanol–water partition coefficient (Wildman–Crippen LogP) is 1.87. The van der Waals surface area contributed by atoms with Gasteiger partial charge in [-0.3, -0.25) is 0 Å². The highest BCUT2D eigenvalue weighted by molar-refractivity contribution is 5.34. The number of rotatable bonds is 3. The van der Waals surface area contributed by atoms with Gasteiger partial charge in [-0.25, -0.2) is 4.68 Å². The summed E-state index contributed by atoms with van der Waals surface area (Å²) in [5.41, 5.74) is 1.20. The highest BCUT2D eigenvalue weighted by atomic mass is 16.5. The molecule has 1 aromatic carbocycles. The Morgan fingerprint density at radius 2 is 2.11 bits per heavy atom. The lowest BCUT2D eigenvalue weighted by Gasteiger charge is -2.23. The minimum atomic E-state index is 0.191. The molecule has 6 nitrogen and oxygen atoms in total. The van der Waals surface area contributed by atoms with Gasteiger partial charge in [0, 0.05) is 6.54 Å². The number of tetrazole rings is 1. The third-order valence-corrected chi connectivity index (χ3v) is 3.13. The van der Waals surface area contributed by atoms with E-state index in [4.69, 9.17) is 4.74 Å². The van der Waals surface area contributed by atoms with Crippen LogP contribution in [0.1, 0.15) is 31.9 Å². The molecule has 19 heavy (non-hydrogen) atoms. The van der Waals surface area contributed by atoms with Gasteiger partial charge >= 0.3 is 0 Å². The number of fused-ring (bicyclic) bond motifs is 1. The van der Waals surface area contributed by atoms with Crippen LogP contribution in [0.2, 0.25) is 0 Å². The monoisotopic (exact) mass is 259 g/mol. The van der Waals surface area contributed by atoms with Crippen LogP contribution < -0.4 is 10.1 Å². The first-order chi connectivity index (χ1) is 9.24. The summed E-state index contributed by atoms with van der Waals surface area (Å²) in [4.78, 5) is 0. The molecule has 0 bridgehead atoms. The molecular formula is C13H17N5O. The summed E-state index contributed by atoms with van der Waals surface area (Å²) in [6.07, 6.45) is 1.17. The second-order valence-electron chi connectivity index (χ2n) is 4.91. The van der Waals surface area contributed by atoms with Gasteiger partial charge in [0.05, 0.1) is 12.1 Å². The minimum Gasteiger partial charge on any atom is -0.491 e. The van der Waals surface area contributed by atoms with Crippen LogP contribution in [0, 0.1) is 0 Å². The molecule has 0 amide bonds. The number of ether oxygens (including phenoxy) is 1. The van der Waals surface area contributed by atoms with E-state index in [1.165, 1.54) is 5.56 Å². The minimum absolute atomic E-state index is 0.191. The maximum absolute atomic E-state index is 5.65.